The second-order valence-electron chi connectivity index (χ2n) is 5.90. The molecule has 5 atom stereocenters. The van der Waals surface area contributed by atoms with Gasteiger partial charge in [-0.15, -0.1) is 0 Å². The summed E-state index contributed by atoms with van der Waals surface area (Å²) in [6, 6.07) is -1.23. The number of nitrogens with two attached hydrogens (primary N) is 1. The van der Waals surface area contributed by atoms with Crippen molar-refractivity contribution < 1.29 is 47.7 Å². The smallest absolute Gasteiger partial charge is 0.305 e. The average Bonchev–Trinajstić information content (AvgIpc) is 2.56. The molecule has 1 heterocycles. The van der Waals surface area contributed by atoms with Crippen LogP contribution in [0.1, 0.15) is 27.7 Å². The second kappa shape index (κ2) is 10.6. The van der Waals surface area contributed by atoms with Gasteiger partial charge in [-0.2, -0.15) is 0 Å². The largest absolute Gasteiger partial charge is 0.463 e. The molecule has 0 spiro atoms. The summed E-state index contributed by atoms with van der Waals surface area (Å²) in [7, 11) is 0. The minimum atomic E-state index is -1.43. The highest BCUT2D eigenvalue weighted by Gasteiger charge is 2.52. The van der Waals surface area contributed by atoms with Crippen LogP contribution in [0.15, 0.2) is 0 Å². The zero-order valence-corrected chi connectivity index (χ0v) is 16.0. The molecule has 28 heavy (non-hydrogen) atoms. The van der Waals surface area contributed by atoms with E-state index in [1.54, 1.807) is 0 Å². The first-order chi connectivity index (χ1) is 13.0. The maximum Gasteiger partial charge on any atom is 0.305 e. The van der Waals surface area contributed by atoms with Crippen LogP contribution in [0.3, 0.4) is 0 Å². The molecule has 1 aliphatic heterocycles. The first-order valence-electron chi connectivity index (χ1n) is 8.35. The van der Waals surface area contributed by atoms with Crippen molar-refractivity contribution in [2.24, 2.45) is 5.73 Å². The summed E-state index contributed by atoms with van der Waals surface area (Å²) in [5.74, 6) is -3.56. The molecule has 12 nitrogen and oxygen atoms in total. The Balaban J connectivity index is 3.31. The van der Waals surface area contributed by atoms with Crippen LogP contribution in [-0.2, 0) is 47.7 Å². The molecule has 0 aromatic rings. The maximum atomic E-state index is 11.8. The van der Waals surface area contributed by atoms with Gasteiger partial charge in [0.25, 0.3) is 0 Å². The van der Waals surface area contributed by atoms with Crippen LogP contribution in [0.4, 0.5) is 0 Å². The summed E-state index contributed by atoms with van der Waals surface area (Å²) in [5, 5.41) is 2.43. The van der Waals surface area contributed by atoms with Crippen LogP contribution < -0.4 is 11.1 Å². The molecule has 3 N–H and O–H groups in total. The van der Waals surface area contributed by atoms with Crippen molar-refractivity contribution >= 4 is 29.8 Å². The number of ether oxygens (including phenoxy) is 5. The van der Waals surface area contributed by atoms with E-state index >= 15 is 0 Å². The molecule has 0 aliphatic carbocycles. The lowest BCUT2D eigenvalue weighted by Gasteiger charge is -2.44. The standard InChI is InChI=1S/C16H24N2O10/c1-7(19)24-6-11-14(25-8(2)20)15(26-9(3)21)13(18-12(23)5-17)16(28-11)27-10(4)22/h11,13-16H,5-6,17H2,1-4H3,(H,18,23)/t11?,13?,14-,15-,16+/m1/s1. The number of carbonyl (C=O) groups excluding carboxylic acids is 5. The van der Waals surface area contributed by atoms with Gasteiger partial charge in [-0.1, -0.05) is 0 Å². The van der Waals surface area contributed by atoms with Crippen molar-refractivity contribution in [3.05, 3.63) is 0 Å². The van der Waals surface area contributed by atoms with Gasteiger partial charge in [0, 0.05) is 27.7 Å². The molecule has 0 radical (unpaired) electrons. The van der Waals surface area contributed by atoms with Gasteiger partial charge in [-0.25, -0.2) is 0 Å². The molecule has 1 fully saturated rings. The quantitative estimate of drug-likeness (QED) is 0.360. The fourth-order valence-corrected chi connectivity index (χ4v) is 2.56. The van der Waals surface area contributed by atoms with Crippen molar-refractivity contribution in [1.29, 1.82) is 0 Å². The molecule has 0 aromatic carbocycles. The molecule has 158 valence electrons. The van der Waals surface area contributed by atoms with E-state index in [-0.39, 0.29) is 6.61 Å². The van der Waals surface area contributed by atoms with Crippen LogP contribution >= 0.6 is 0 Å². The zero-order chi connectivity index (χ0) is 21.4. The summed E-state index contributed by atoms with van der Waals surface area (Å²) in [5.41, 5.74) is 5.30. The van der Waals surface area contributed by atoms with Crippen molar-refractivity contribution in [3.8, 4) is 0 Å². The Hall–Kier alpha value is -2.73. The third-order valence-corrected chi connectivity index (χ3v) is 3.50. The van der Waals surface area contributed by atoms with Gasteiger partial charge in [0.1, 0.15) is 18.8 Å². The Labute approximate surface area is 160 Å². The lowest BCUT2D eigenvalue weighted by molar-refractivity contribution is -0.271. The maximum absolute atomic E-state index is 11.8. The van der Waals surface area contributed by atoms with E-state index in [1.165, 1.54) is 0 Å². The molecule has 0 saturated carbocycles. The van der Waals surface area contributed by atoms with Gasteiger partial charge in [-0.3, -0.25) is 24.0 Å². The van der Waals surface area contributed by atoms with Crippen LogP contribution in [-0.4, -0.2) is 73.6 Å². The summed E-state index contributed by atoms with van der Waals surface area (Å²) in [4.78, 5) is 57.6. The predicted octanol–water partition coefficient (Wildman–Crippen LogP) is -1.86. The van der Waals surface area contributed by atoms with Crippen molar-refractivity contribution in [2.75, 3.05) is 13.2 Å². The van der Waals surface area contributed by atoms with Gasteiger partial charge in [-0.05, 0) is 0 Å². The normalized spacial score (nSPS) is 26.5. The number of esters is 4. The predicted molar refractivity (Wildman–Crippen MR) is 89.2 cm³/mol. The third kappa shape index (κ3) is 7.12. The van der Waals surface area contributed by atoms with Crippen molar-refractivity contribution in [2.45, 2.75) is 58.3 Å². The third-order valence-electron chi connectivity index (χ3n) is 3.50. The van der Waals surface area contributed by atoms with Crippen molar-refractivity contribution in [3.63, 3.8) is 0 Å². The number of hydrogen-bond donors (Lipinski definition) is 2. The van der Waals surface area contributed by atoms with Gasteiger partial charge in [0.15, 0.2) is 12.2 Å². The van der Waals surface area contributed by atoms with Crippen LogP contribution in [0.25, 0.3) is 0 Å². The van der Waals surface area contributed by atoms with E-state index in [0.29, 0.717) is 0 Å². The lowest BCUT2D eigenvalue weighted by atomic mass is 9.96. The number of hydrogen-bond acceptors (Lipinski definition) is 11. The number of carbonyl (C=O) groups is 5. The molecular weight excluding hydrogens is 380 g/mol. The first kappa shape index (κ1) is 23.3. The highest BCUT2D eigenvalue weighted by Crippen LogP contribution is 2.28. The highest BCUT2D eigenvalue weighted by molar-refractivity contribution is 5.78. The summed E-state index contributed by atoms with van der Waals surface area (Å²) in [6.07, 6.45) is -5.15. The fraction of sp³-hybridized carbons (Fsp3) is 0.688. The van der Waals surface area contributed by atoms with Crippen LogP contribution in [0.2, 0.25) is 0 Å². The number of nitrogens with one attached hydrogen (secondary N) is 1. The highest BCUT2D eigenvalue weighted by atomic mass is 16.7. The molecule has 1 saturated heterocycles. The zero-order valence-electron chi connectivity index (χ0n) is 16.0. The molecule has 1 aliphatic rings. The molecule has 2 unspecified atom stereocenters. The van der Waals surface area contributed by atoms with Gasteiger partial charge >= 0.3 is 23.9 Å². The summed E-state index contributed by atoms with van der Waals surface area (Å²) >= 11 is 0. The Bertz CT molecular complexity index is 623. The lowest BCUT2D eigenvalue weighted by Crippen LogP contribution is -2.67. The van der Waals surface area contributed by atoms with Crippen molar-refractivity contribution in [1.82, 2.24) is 5.32 Å². The molecule has 12 heteroatoms. The van der Waals surface area contributed by atoms with Crippen LogP contribution in [0.5, 0.6) is 0 Å². The molecule has 0 aromatic heterocycles. The molecule has 1 rings (SSSR count). The SMILES string of the molecule is CC(=O)OCC1O[C@H](OC(C)=O)C(NC(=O)CN)[C@@H](OC(C)=O)[C@@H]1OC(C)=O. The Morgan fingerprint density at radius 3 is 1.86 bits per heavy atom. The molecule has 0 bridgehead atoms. The first-order valence-corrected chi connectivity index (χ1v) is 8.35. The number of rotatable bonds is 7. The molecule has 1 amide bonds. The minimum Gasteiger partial charge on any atom is -0.463 e. The number of amides is 1. The van der Waals surface area contributed by atoms with Gasteiger partial charge in [0.05, 0.1) is 6.54 Å². The fourth-order valence-electron chi connectivity index (χ4n) is 2.56. The van der Waals surface area contributed by atoms with E-state index in [9.17, 15) is 24.0 Å². The van der Waals surface area contributed by atoms with Gasteiger partial charge in [0.2, 0.25) is 12.2 Å². The minimum absolute atomic E-state index is 0.389. The second-order valence-corrected chi connectivity index (χ2v) is 5.90. The topological polar surface area (TPSA) is 170 Å². The average molecular weight is 404 g/mol. The summed E-state index contributed by atoms with van der Waals surface area (Å²) < 4.78 is 26.0. The van der Waals surface area contributed by atoms with E-state index in [1.807, 2.05) is 0 Å². The van der Waals surface area contributed by atoms with Crippen LogP contribution in [0, 0.1) is 0 Å². The summed E-state index contributed by atoms with van der Waals surface area (Å²) in [6.45, 7) is 3.67. The Morgan fingerprint density at radius 2 is 1.39 bits per heavy atom. The monoisotopic (exact) mass is 404 g/mol. The van der Waals surface area contributed by atoms with E-state index in [0.717, 1.165) is 27.7 Å². The Kier molecular flexibility index (Phi) is 8.79. The van der Waals surface area contributed by atoms with E-state index < -0.39 is 67.0 Å². The van der Waals surface area contributed by atoms with Gasteiger partial charge < -0.3 is 34.7 Å². The molecular formula is C16H24N2O10. The van der Waals surface area contributed by atoms with E-state index in [2.05, 4.69) is 5.32 Å². The van der Waals surface area contributed by atoms with E-state index in [4.69, 9.17) is 29.4 Å². The Morgan fingerprint density at radius 1 is 0.857 bits per heavy atom.